The van der Waals surface area contributed by atoms with Crippen LogP contribution in [0, 0.1) is 10.1 Å². The molecular formula is C9H14NO5SSi. The first kappa shape index (κ1) is 15.7. The second-order valence-corrected chi connectivity index (χ2v) is 8.15. The van der Waals surface area contributed by atoms with E-state index in [9.17, 15) is 18.5 Å². The van der Waals surface area contributed by atoms with Crippen LogP contribution in [0.25, 0.3) is 0 Å². The third-order valence-corrected chi connectivity index (χ3v) is 2.18. The van der Waals surface area contributed by atoms with E-state index in [1.165, 1.54) is 6.07 Å². The SMILES string of the molecule is C[Si](C)C.O=[N+]([O-])c1cccc(S(=O)(=O)O)c1. The van der Waals surface area contributed by atoms with Gasteiger partial charge in [0.25, 0.3) is 15.8 Å². The van der Waals surface area contributed by atoms with Crippen LogP contribution in [0.3, 0.4) is 0 Å². The van der Waals surface area contributed by atoms with Crippen molar-refractivity contribution in [2.75, 3.05) is 0 Å². The molecule has 0 aliphatic rings. The number of nitrogens with zero attached hydrogens (tertiary/aromatic N) is 1. The molecular weight excluding hydrogens is 262 g/mol. The van der Waals surface area contributed by atoms with Gasteiger partial charge in [0.1, 0.15) is 4.90 Å². The first-order valence-electron chi connectivity index (χ1n) is 4.63. The van der Waals surface area contributed by atoms with E-state index in [0.717, 1.165) is 18.2 Å². The van der Waals surface area contributed by atoms with E-state index in [1.807, 2.05) is 0 Å². The number of nitro groups is 1. The number of benzene rings is 1. The van der Waals surface area contributed by atoms with Crippen LogP contribution in [-0.4, -0.2) is 26.7 Å². The van der Waals surface area contributed by atoms with Crippen molar-refractivity contribution in [2.45, 2.75) is 24.5 Å². The van der Waals surface area contributed by atoms with Gasteiger partial charge in [-0.05, 0) is 6.07 Å². The topological polar surface area (TPSA) is 97.5 Å². The Balaban J connectivity index is 0.000000557. The fourth-order valence-electron chi connectivity index (χ4n) is 0.758. The lowest BCUT2D eigenvalue weighted by atomic mass is 10.3. The molecule has 8 heteroatoms. The summed E-state index contributed by atoms with van der Waals surface area (Å²) in [5.41, 5.74) is -0.380. The van der Waals surface area contributed by atoms with Crippen molar-refractivity contribution in [1.82, 2.24) is 0 Å². The minimum Gasteiger partial charge on any atom is -0.282 e. The Morgan fingerprint density at radius 3 is 2.12 bits per heavy atom. The highest BCUT2D eigenvalue weighted by Gasteiger charge is 2.13. The molecule has 0 unspecified atom stereocenters. The molecule has 1 N–H and O–H groups in total. The minimum absolute atomic E-state index is 0.120. The number of non-ortho nitro benzene ring substituents is 1. The zero-order valence-corrected chi connectivity index (χ0v) is 11.6. The molecule has 0 bridgehead atoms. The highest BCUT2D eigenvalue weighted by molar-refractivity contribution is 7.85. The fourth-order valence-corrected chi connectivity index (χ4v) is 1.28. The van der Waals surface area contributed by atoms with Crippen LogP contribution < -0.4 is 0 Å². The van der Waals surface area contributed by atoms with Crippen LogP contribution in [0.2, 0.25) is 19.6 Å². The highest BCUT2D eigenvalue weighted by atomic mass is 32.2. The van der Waals surface area contributed by atoms with Crippen LogP contribution in [0.5, 0.6) is 0 Å². The monoisotopic (exact) mass is 276 g/mol. The van der Waals surface area contributed by atoms with Gasteiger partial charge in [-0.25, -0.2) is 0 Å². The summed E-state index contributed by atoms with van der Waals surface area (Å²) in [6, 6.07) is 4.17. The number of rotatable bonds is 2. The summed E-state index contributed by atoms with van der Waals surface area (Å²) in [6.07, 6.45) is 0. The average molecular weight is 276 g/mol. The molecule has 6 nitrogen and oxygen atoms in total. The lowest BCUT2D eigenvalue weighted by Gasteiger charge is -1.95. The predicted molar refractivity (Wildman–Crippen MR) is 66.3 cm³/mol. The molecule has 0 aliphatic heterocycles. The number of hydrogen-bond acceptors (Lipinski definition) is 4. The molecule has 0 saturated carbocycles. The first-order chi connectivity index (χ1) is 7.64. The van der Waals surface area contributed by atoms with Crippen LogP contribution in [0.4, 0.5) is 5.69 Å². The van der Waals surface area contributed by atoms with Crippen molar-refractivity contribution < 1.29 is 17.9 Å². The standard InChI is InChI=1S/C6H5NO5S.C3H9Si/c8-7(9)5-2-1-3-6(4-5)13(10,11)12;1-4(2)3/h1-4H,(H,10,11,12);1-3H3. The maximum Gasteiger partial charge on any atom is 0.294 e. The van der Waals surface area contributed by atoms with E-state index in [4.69, 9.17) is 4.55 Å². The molecule has 0 atom stereocenters. The fraction of sp³-hybridized carbons (Fsp3) is 0.333. The Morgan fingerprint density at radius 2 is 1.76 bits per heavy atom. The third-order valence-electron chi connectivity index (χ3n) is 1.33. The first-order valence-corrected chi connectivity index (χ1v) is 9.07. The summed E-state index contributed by atoms with van der Waals surface area (Å²) < 4.78 is 29.6. The second kappa shape index (κ2) is 6.47. The van der Waals surface area contributed by atoms with E-state index in [2.05, 4.69) is 19.6 Å². The maximum atomic E-state index is 10.5. The van der Waals surface area contributed by atoms with Crippen molar-refractivity contribution in [3.63, 3.8) is 0 Å². The summed E-state index contributed by atoms with van der Waals surface area (Å²) in [4.78, 5) is 8.98. The molecule has 1 aromatic carbocycles. The Bertz CT molecular complexity index is 483. The third kappa shape index (κ3) is 6.82. The molecule has 0 aromatic heterocycles. The Hall–Kier alpha value is -1.25. The van der Waals surface area contributed by atoms with Crippen LogP contribution in [0.15, 0.2) is 29.2 Å². The van der Waals surface area contributed by atoms with Crippen LogP contribution in [0.1, 0.15) is 0 Å². The Kier molecular flexibility index (Phi) is 6.00. The van der Waals surface area contributed by atoms with E-state index in [-0.39, 0.29) is 14.5 Å². The Morgan fingerprint density at radius 1 is 1.29 bits per heavy atom. The predicted octanol–water partition coefficient (Wildman–Crippen LogP) is 2.21. The van der Waals surface area contributed by atoms with Gasteiger partial charge in [0.05, 0.1) is 4.92 Å². The van der Waals surface area contributed by atoms with Gasteiger partial charge in [-0.2, -0.15) is 8.42 Å². The molecule has 1 radical (unpaired) electrons. The molecule has 0 amide bonds. The van der Waals surface area contributed by atoms with Gasteiger partial charge < -0.3 is 0 Å². The van der Waals surface area contributed by atoms with Crippen LogP contribution in [-0.2, 0) is 10.1 Å². The molecule has 17 heavy (non-hydrogen) atoms. The number of nitro benzene ring substituents is 1. The quantitative estimate of drug-likeness (QED) is 0.386. The minimum atomic E-state index is -4.36. The van der Waals surface area contributed by atoms with Crippen molar-refractivity contribution in [2.24, 2.45) is 0 Å². The van der Waals surface area contributed by atoms with E-state index >= 15 is 0 Å². The zero-order valence-electron chi connectivity index (χ0n) is 9.75. The van der Waals surface area contributed by atoms with Gasteiger partial charge in [-0.3, -0.25) is 14.7 Å². The number of hydrogen-bond donors (Lipinski definition) is 1. The molecule has 0 fully saturated rings. The zero-order chi connectivity index (χ0) is 13.6. The molecule has 95 valence electrons. The molecule has 0 spiro atoms. The molecule has 0 aliphatic carbocycles. The van der Waals surface area contributed by atoms with E-state index in [1.54, 1.807) is 0 Å². The van der Waals surface area contributed by atoms with Gasteiger partial charge in [0.2, 0.25) is 0 Å². The van der Waals surface area contributed by atoms with Gasteiger partial charge in [0, 0.05) is 20.9 Å². The lowest BCUT2D eigenvalue weighted by molar-refractivity contribution is -0.385. The maximum absolute atomic E-state index is 10.5. The summed E-state index contributed by atoms with van der Waals surface area (Å²) >= 11 is 0. The van der Waals surface area contributed by atoms with Crippen molar-refractivity contribution >= 4 is 24.6 Å². The smallest absolute Gasteiger partial charge is 0.282 e. The van der Waals surface area contributed by atoms with Gasteiger partial charge in [-0.15, -0.1) is 0 Å². The molecule has 0 heterocycles. The molecule has 0 saturated heterocycles. The molecule has 1 aromatic rings. The summed E-state index contributed by atoms with van der Waals surface area (Å²) in [5, 5.41) is 10.2. The lowest BCUT2D eigenvalue weighted by Crippen LogP contribution is -1.98. The van der Waals surface area contributed by atoms with Crippen molar-refractivity contribution in [3.05, 3.63) is 34.4 Å². The van der Waals surface area contributed by atoms with Crippen molar-refractivity contribution in [1.29, 1.82) is 0 Å². The molecule has 1 rings (SSSR count). The summed E-state index contributed by atoms with van der Waals surface area (Å²) in [5.74, 6) is 0. The van der Waals surface area contributed by atoms with E-state index < -0.39 is 19.9 Å². The van der Waals surface area contributed by atoms with Gasteiger partial charge in [0.15, 0.2) is 0 Å². The van der Waals surface area contributed by atoms with Crippen LogP contribution >= 0.6 is 0 Å². The largest absolute Gasteiger partial charge is 0.294 e. The van der Waals surface area contributed by atoms with Gasteiger partial charge in [-0.1, -0.05) is 25.7 Å². The average Bonchev–Trinajstić information content (AvgIpc) is 2.15. The Labute approximate surface area is 102 Å². The van der Waals surface area contributed by atoms with Crippen molar-refractivity contribution in [3.8, 4) is 0 Å². The van der Waals surface area contributed by atoms with Gasteiger partial charge >= 0.3 is 0 Å². The highest BCUT2D eigenvalue weighted by Crippen LogP contribution is 2.16. The van der Waals surface area contributed by atoms with E-state index in [0.29, 0.717) is 0 Å². The summed E-state index contributed by atoms with van der Waals surface area (Å²) in [7, 11) is -4.24. The second-order valence-electron chi connectivity index (χ2n) is 3.73. The normalized spacial score (nSPS) is 10.6. The summed E-state index contributed by atoms with van der Waals surface area (Å²) in [6.45, 7) is 6.81.